The lowest BCUT2D eigenvalue weighted by atomic mass is 9.77. The summed E-state index contributed by atoms with van der Waals surface area (Å²) in [5.41, 5.74) is 5.77. The van der Waals surface area contributed by atoms with Crippen LogP contribution in [0.4, 0.5) is 30.4 Å². The molecule has 4 rings (SSSR count). The van der Waals surface area contributed by atoms with Crippen molar-refractivity contribution in [2.75, 3.05) is 10.6 Å². The smallest absolute Gasteiger partial charge is 0.254 e. The molecule has 0 bridgehead atoms. The molecule has 1 aromatic heterocycles. The van der Waals surface area contributed by atoms with Gasteiger partial charge in [-0.2, -0.15) is 10.4 Å². The zero-order chi connectivity index (χ0) is 24.3. The summed E-state index contributed by atoms with van der Waals surface area (Å²) in [4.78, 5) is 12.1. The monoisotopic (exact) mass is 468 g/mol. The molecule has 0 radical (unpaired) electrons. The molecule has 0 atom stereocenters. The third kappa shape index (κ3) is 4.83. The molecular weight excluding hydrogens is 445 g/mol. The first kappa shape index (κ1) is 23.2. The molecule has 4 N–H and O–H groups in total. The molecule has 0 unspecified atom stereocenters. The number of rotatable bonds is 7. The number of hydrogen-bond donors (Lipinski definition) is 3. The van der Waals surface area contributed by atoms with Gasteiger partial charge in [-0.1, -0.05) is 0 Å². The number of nitrogens with two attached hydrogens (primary N) is 1. The molecule has 0 saturated heterocycles. The van der Waals surface area contributed by atoms with E-state index in [0.717, 1.165) is 6.07 Å². The summed E-state index contributed by atoms with van der Waals surface area (Å²) < 4.78 is 42.1. The second-order valence-electron chi connectivity index (χ2n) is 8.43. The minimum atomic E-state index is -0.690. The molecule has 1 aliphatic carbocycles. The van der Waals surface area contributed by atoms with E-state index in [-0.39, 0.29) is 29.5 Å². The number of aromatic nitrogens is 2. The lowest BCUT2D eigenvalue weighted by Gasteiger charge is -2.39. The van der Waals surface area contributed by atoms with Crippen molar-refractivity contribution in [3.63, 3.8) is 0 Å². The van der Waals surface area contributed by atoms with Gasteiger partial charge in [-0.3, -0.25) is 9.48 Å². The number of benzene rings is 2. The van der Waals surface area contributed by atoms with Crippen LogP contribution in [0.25, 0.3) is 0 Å². The third-order valence-electron chi connectivity index (χ3n) is 6.19. The van der Waals surface area contributed by atoms with E-state index >= 15 is 0 Å². The van der Waals surface area contributed by atoms with Gasteiger partial charge in [0, 0.05) is 24.0 Å². The molecule has 2 aromatic carbocycles. The first-order chi connectivity index (χ1) is 16.3. The van der Waals surface area contributed by atoms with E-state index in [0.29, 0.717) is 31.4 Å². The Labute approximate surface area is 194 Å². The maximum absolute atomic E-state index is 14.0. The van der Waals surface area contributed by atoms with E-state index in [9.17, 15) is 23.2 Å². The van der Waals surface area contributed by atoms with Gasteiger partial charge in [0.25, 0.3) is 5.91 Å². The standard InChI is InChI=1S/C24H23F3N6O/c25-15-1-4-17(5-2-15)31-23-19(22(29)34)14-33(32-23)24(11-12-28)9-7-18(8-10-24)30-21-6-3-16(26)13-20(21)27/h1-6,13-14,18,30H,7-11H2,(H2,29,34)(H,31,32). The summed E-state index contributed by atoms with van der Waals surface area (Å²) >= 11 is 0. The first-order valence-electron chi connectivity index (χ1n) is 10.8. The zero-order valence-corrected chi connectivity index (χ0v) is 18.2. The van der Waals surface area contributed by atoms with Crippen LogP contribution >= 0.6 is 0 Å². The highest BCUT2D eigenvalue weighted by atomic mass is 19.1. The summed E-state index contributed by atoms with van der Waals surface area (Å²) in [6.07, 6.45) is 3.96. The van der Waals surface area contributed by atoms with E-state index < -0.39 is 28.9 Å². The molecule has 10 heteroatoms. The molecule has 1 amide bonds. The van der Waals surface area contributed by atoms with Gasteiger partial charge in [-0.25, -0.2) is 13.2 Å². The van der Waals surface area contributed by atoms with Gasteiger partial charge >= 0.3 is 0 Å². The van der Waals surface area contributed by atoms with Gasteiger partial charge in [0.05, 0.1) is 23.7 Å². The van der Waals surface area contributed by atoms with Gasteiger partial charge in [-0.05, 0) is 62.1 Å². The molecule has 7 nitrogen and oxygen atoms in total. The molecule has 1 heterocycles. The van der Waals surface area contributed by atoms with Crippen LogP contribution in [-0.2, 0) is 5.54 Å². The Morgan fingerprint density at radius 1 is 1.15 bits per heavy atom. The van der Waals surface area contributed by atoms with Crippen LogP contribution in [0.15, 0.2) is 48.7 Å². The molecule has 176 valence electrons. The lowest BCUT2D eigenvalue weighted by molar-refractivity contribution is 0.100. The Morgan fingerprint density at radius 2 is 1.82 bits per heavy atom. The van der Waals surface area contributed by atoms with Crippen molar-refractivity contribution in [2.24, 2.45) is 5.73 Å². The van der Waals surface area contributed by atoms with E-state index in [4.69, 9.17) is 5.73 Å². The maximum atomic E-state index is 14.0. The summed E-state index contributed by atoms with van der Waals surface area (Å²) in [5.74, 6) is -2.18. The second-order valence-corrected chi connectivity index (χ2v) is 8.43. The molecule has 0 spiro atoms. The summed E-state index contributed by atoms with van der Waals surface area (Å²) in [6.45, 7) is 0. The number of anilines is 3. The van der Waals surface area contributed by atoms with Crippen molar-refractivity contribution in [1.82, 2.24) is 9.78 Å². The topological polar surface area (TPSA) is 109 Å². The van der Waals surface area contributed by atoms with Gasteiger partial charge in [0.1, 0.15) is 23.0 Å². The normalized spacial score (nSPS) is 19.9. The van der Waals surface area contributed by atoms with Crippen LogP contribution in [0.3, 0.4) is 0 Å². The van der Waals surface area contributed by atoms with Crippen LogP contribution in [0.5, 0.6) is 0 Å². The maximum Gasteiger partial charge on any atom is 0.254 e. The highest BCUT2D eigenvalue weighted by molar-refractivity contribution is 5.98. The Hall–Kier alpha value is -4.00. The number of hydrogen-bond acceptors (Lipinski definition) is 5. The molecular formula is C24H23F3N6O. The summed E-state index contributed by atoms with van der Waals surface area (Å²) in [6, 6.07) is 11.1. The number of nitrogens with one attached hydrogen (secondary N) is 2. The van der Waals surface area contributed by atoms with Crippen molar-refractivity contribution in [3.05, 3.63) is 71.7 Å². The Morgan fingerprint density at radius 3 is 2.44 bits per heavy atom. The van der Waals surface area contributed by atoms with Gasteiger partial charge in [0.15, 0.2) is 5.82 Å². The molecule has 1 fully saturated rings. The number of nitriles is 1. The fraction of sp³-hybridized carbons (Fsp3) is 0.292. The van der Waals surface area contributed by atoms with Crippen LogP contribution in [0, 0.1) is 28.8 Å². The van der Waals surface area contributed by atoms with E-state index in [1.165, 1.54) is 42.6 Å². The molecule has 34 heavy (non-hydrogen) atoms. The number of halogens is 3. The highest BCUT2D eigenvalue weighted by Crippen LogP contribution is 2.39. The largest absolute Gasteiger partial charge is 0.380 e. The Bertz CT molecular complexity index is 1230. The molecule has 1 saturated carbocycles. The minimum absolute atomic E-state index is 0.0743. The molecule has 1 aliphatic rings. The minimum Gasteiger partial charge on any atom is -0.380 e. The average Bonchev–Trinajstić information content (AvgIpc) is 3.23. The average molecular weight is 468 g/mol. The first-order valence-corrected chi connectivity index (χ1v) is 10.8. The van der Waals surface area contributed by atoms with Crippen LogP contribution in [-0.4, -0.2) is 21.7 Å². The predicted octanol–water partition coefficient (Wildman–Crippen LogP) is 4.81. The number of nitrogens with zero attached hydrogens (tertiary/aromatic N) is 3. The van der Waals surface area contributed by atoms with E-state index in [1.54, 1.807) is 4.68 Å². The third-order valence-corrected chi connectivity index (χ3v) is 6.19. The number of carbonyl (C=O) groups excluding carboxylic acids is 1. The second kappa shape index (κ2) is 9.47. The zero-order valence-electron chi connectivity index (χ0n) is 18.2. The fourth-order valence-corrected chi connectivity index (χ4v) is 4.32. The van der Waals surface area contributed by atoms with E-state index in [2.05, 4.69) is 21.8 Å². The van der Waals surface area contributed by atoms with Crippen molar-refractivity contribution >= 4 is 23.1 Å². The molecule has 0 aliphatic heterocycles. The Balaban J connectivity index is 1.55. The fourth-order valence-electron chi connectivity index (χ4n) is 4.32. The summed E-state index contributed by atoms with van der Waals surface area (Å²) in [5, 5.41) is 20.1. The Kier molecular flexibility index (Phi) is 6.45. The predicted molar refractivity (Wildman–Crippen MR) is 121 cm³/mol. The van der Waals surface area contributed by atoms with Crippen LogP contribution in [0.2, 0.25) is 0 Å². The lowest BCUT2D eigenvalue weighted by Crippen LogP contribution is -2.41. The molecule has 3 aromatic rings. The van der Waals surface area contributed by atoms with Crippen LogP contribution < -0.4 is 16.4 Å². The highest BCUT2D eigenvalue weighted by Gasteiger charge is 2.39. The van der Waals surface area contributed by atoms with E-state index in [1.807, 2.05) is 0 Å². The number of amides is 1. The summed E-state index contributed by atoms with van der Waals surface area (Å²) in [7, 11) is 0. The van der Waals surface area contributed by atoms with Crippen LogP contribution in [0.1, 0.15) is 42.5 Å². The van der Waals surface area contributed by atoms with Crippen molar-refractivity contribution in [1.29, 1.82) is 5.26 Å². The van der Waals surface area contributed by atoms with Crippen molar-refractivity contribution in [3.8, 4) is 6.07 Å². The quantitative estimate of drug-likeness (QED) is 0.461. The van der Waals surface area contributed by atoms with Gasteiger partial charge in [-0.15, -0.1) is 0 Å². The van der Waals surface area contributed by atoms with Gasteiger partial charge in [0.2, 0.25) is 0 Å². The van der Waals surface area contributed by atoms with Crippen molar-refractivity contribution in [2.45, 2.75) is 43.7 Å². The SMILES string of the molecule is N#CCC1(n2cc(C(N)=O)c(Nc3ccc(F)cc3)n2)CCC(Nc2ccc(F)cc2F)CC1. The number of primary amides is 1. The van der Waals surface area contributed by atoms with Crippen molar-refractivity contribution < 1.29 is 18.0 Å². The van der Waals surface area contributed by atoms with Gasteiger partial charge < -0.3 is 16.4 Å². The number of carbonyl (C=O) groups is 1.